The topological polar surface area (TPSA) is 128 Å². The van der Waals surface area contributed by atoms with E-state index in [1.54, 1.807) is 36.4 Å². The lowest BCUT2D eigenvalue weighted by Crippen LogP contribution is -2.28. The summed E-state index contributed by atoms with van der Waals surface area (Å²) < 4.78 is 23.3. The molecule has 10 heteroatoms. The normalized spacial score (nSPS) is 11.2. The number of rotatable bonds is 8. The molecule has 0 atom stereocenters. The molecule has 168 valence electrons. The van der Waals surface area contributed by atoms with E-state index in [-0.39, 0.29) is 10.8 Å². The molecule has 2 aromatic carbocycles. The second kappa shape index (κ2) is 9.92. The van der Waals surface area contributed by atoms with Crippen molar-refractivity contribution in [1.29, 1.82) is 0 Å². The predicted molar refractivity (Wildman–Crippen MR) is 122 cm³/mol. The van der Waals surface area contributed by atoms with Gasteiger partial charge in [-0.2, -0.15) is 0 Å². The van der Waals surface area contributed by atoms with E-state index in [0.717, 1.165) is 21.7 Å². The Kier molecular flexibility index (Phi) is 7.26. The smallest absolute Gasteiger partial charge is 0.223 e. The summed E-state index contributed by atoms with van der Waals surface area (Å²) >= 11 is 1.39. The number of carboxylic acid groups (broad SMARTS) is 1. The van der Waals surface area contributed by atoms with Gasteiger partial charge in [0.2, 0.25) is 5.91 Å². The zero-order chi connectivity index (χ0) is 23.3. The number of aryl methyl sites for hydroxylation is 2. The Morgan fingerprint density at radius 2 is 1.59 bits per heavy atom. The van der Waals surface area contributed by atoms with E-state index >= 15 is 0 Å². The summed E-state index contributed by atoms with van der Waals surface area (Å²) in [5.74, 6) is -0.203. The van der Waals surface area contributed by atoms with E-state index in [1.807, 2.05) is 12.1 Å². The van der Waals surface area contributed by atoms with Crippen molar-refractivity contribution in [2.45, 2.75) is 31.1 Å². The molecule has 0 aliphatic rings. The third kappa shape index (κ3) is 6.63. The minimum atomic E-state index is -3.26. The van der Waals surface area contributed by atoms with Crippen LogP contribution in [0.2, 0.25) is 0 Å². The minimum Gasteiger partial charge on any atom is -0.530 e. The zero-order valence-electron chi connectivity index (χ0n) is 17.5. The molecule has 8 nitrogen and oxygen atoms in total. The van der Waals surface area contributed by atoms with Crippen LogP contribution in [0.5, 0.6) is 0 Å². The van der Waals surface area contributed by atoms with Gasteiger partial charge in [0.05, 0.1) is 10.6 Å². The molecule has 1 aromatic heterocycles. The van der Waals surface area contributed by atoms with Crippen molar-refractivity contribution in [3.63, 3.8) is 0 Å². The van der Waals surface area contributed by atoms with Crippen molar-refractivity contribution in [2.24, 2.45) is 0 Å². The van der Waals surface area contributed by atoms with E-state index in [1.165, 1.54) is 24.5 Å². The first-order chi connectivity index (χ1) is 15.1. The molecule has 1 heterocycles. The van der Waals surface area contributed by atoms with E-state index in [2.05, 4.69) is 15.6 Å². The van der Waals surface area contributed by atoms with Crippen LogP contribution in [0.25, 0.3) is 0 Å². The van der Waals surface area contributed by atoms with Crippen LogP contribution < -0.4 is 15.7 Å². The van der Waals surface area contributed by atoms with Crippen molar-refractivity contribution in [3.8, 4) is 0 Å². The van der Waals surface area contributed by atoms with Crippen LogP contribution >= 0.6 is 11.3 Å². The summed E-state index contributed by atoms with van der Waals surface area (Å²) in [6.45, 7) is 1.42. The van der Waals surface area contributed by atoms with Crippen molar-refractivity contribution >= 4 is 44.0 Å². The number of sulfone groups is 1. The lowest BCUT2D eigenvalue weighted by Gasteiger charge is -2.08. The molecule has 0 unspecified atom stereocenters. The fraction of sp³-hybridized carbons (Fsp3) is 0.227. The van der Waals surface area contributed by atoms with Gasteiger partial charge >= 0.3 is 0 Å². The fourth-order valence-electron chi connectivity index (χ4n) is 3.10. The number of amides is 2. The highest BCUT2D eigenvalue weighted by atomic mass is 32.2. The van der Waals surface area contributed by atoms with Crippen LogP contribution in [0.1, 0.15) is 28.6 Å². The first-order valence-electron chi connectivity index (χ1n) is 9.72. The molecule has 0 aliphatic heterocycles. The van der Waals surface area contributed by atoms with Gasteiger partial charge in [0.15, 0.2) is 15.0 Å². The Morgan fingerprint density at radius 1 is 0.969 bits per heavy atom. The first-order valence-corrected chi connectivity index (χ1v) is 12.4. The average molecular weight is 473 g/mol. The number of carbonyl (C=O) groups excluding carboxylic acids is 2. The van der Waals surface area contributed by atoms with Crippen molar-refractivity contribution in [2.75, 3.05) is 16.9 Å². The first kappa shape index (κ1) is 23.4. The van der Waals surface area contributed by atoms with Gasteiger partial charge in [-0.3, -0.25) is 4.79 Å². The molecule has 3 rings (SSSR count). The van der Waals surface area contributed by atoms with E-state index < -0.39 is 15.9 Å². The van der Waals surface area contributed by atoms with Gasteiger partial charge in [0.25, 0.3) is 0 Å². The number of hydrogen-bond donors (Lipinski definition) is 2. The lowest BCUT2D eigenvalue weighted by molar-refractivity contribution is -0.242. The summed E-state index contributed by atoms with van der Waals surface area (Å²) in [6.07, 6.45) is 1.67. The standard InChI is InChI=1S/C22H23N3O5S2/c1-14(26)23-21-25-19(12-7-15-3-8-17(9-4-15)24-22(27)28)20(31-21)13-16-5-10-18(11-6-16)32(2,29)30/h3-6,8-11,24H,7,12-13H2,1-2H3,(H,27,28)(H,23,25,26)/p-1. The number of carbonyl (C=O) groups is 2. The van der Waals surface area contributed by atoms with Gasteiger partial charge in [-0.15, -0.1) is 11.3 Å². The van der Waals surface area contributed by atoms with Gasteiger partial charge in [0.1, 0.15) is 6.09 Å². The maximum atomic E-state index is 11.7. The van der Waals surface area contributed by atoms with Gasteiger partial charge < -0.3 is 20.5 Å². The summed E-state index contributed by atoms with van der Waals surface area (Å²) in [6, 6.07) is 13.7. The summed E-state index contributed by atoms with van der Waals surface area (Å²) in [7, 11) is -3.26. The molecule has 0 radical (unpaired) electrons. The average Bonchev–Trinajstić information content (AvgIpc) is 3.07. The van der Waals surface area contributed by atoms with Crippen LogP contribution in [0.15, 0.2) is 53.4 Å². The third-order valence-electron chi connectivity index (χ3n) is 4.63. The highest BCUT2D eigenvalue weighted by molar-refractivity contribution is 7.90. The molecule has 32 heavy (non-hydrogen) atoms. The number of nitrogens with zero attached hydrogens (tertiary/aromatic N) is 1. The predicted octanol–water partition coefficient (Wildman–Crippen LogP) is 2.64. The number of aromatic nitrogens is 1. The molecule has 3 aromatic rings. The molecular formula is C22H22N3O5S2-. The number of benzene rings is 2. The Hall–Kier alpha value is -3.24. The number of thiazole rings is 1. The molecule has 0 spiro atoms. The molecule has 0 fully saturated rings. The largest absolute Gasteiger partial charge is 0.530 e. The summed E-state index contributed by atoms with van der Waals surface area (Å²) in [5.41, 5.74) is 3.23. The van der Waals surface area contributed by atoms with Gasteiger partial charge in [-0.05, 0) is 48.2 Å². The molecule has 0 saturated heterocycles. The highest BCUT2D eigenvalue weighted by Crippen LogP contribution is 2.27. The fourth-order valence-corrected chi connectivity index (χ4v) is 4.81. The molecule has 0 saturated carbocycles. The van der Waals surface area contributed by atoms with Crippen LogP contribution in [0, 0.1) is 0 Å². The van der Waals surface area contributed by atoms with Crippen LogP contribution in [0.4, 0.5) is 15.6 Å². The monoisotopic (exact) mass is 472 g/mol. The van der Waals surface area contributed by atoms with E-state index in [0.29, 0.717) is 30.1 Å². The molecule has 2 N–H and O–H groups in total. The Labute approximate surface area is 190 Å². The second-order valence-corrected chi connectivity index (χ2v) is 10.4. The Balaban J connectivity index is 1.76. The van der Waals surface area contributed by atoms with E-state index in [9.17, 15) is 23.1 Å². The van der Waals surface area contributed by atoms with Crippen LogP contribution in [0.3, 0.4) is 0 Å². The minimum absolute atomic E-state index is 0.203. The zero-order valence-corrected chi connectivity index (χ0v) is 19.2. The second-order valence-electron chi connectivity index (χ2n) is 7.27. The molecule has 2 amide bonds. The van der Waals surface area contributed by atoms with Gasteiger partial charge in [-0.25, -0.2) is 13.4 Å². The lowest BCUT2D eigenvalue weighted by atomic mass is 10.0. The SMILES string of the molecule is CC(=O)Nc1nc(CCc2ccc(NC(=O)[O-])cc2)c(Cc2ccc(S(C)(=O)=O)cc2)s1. The van der Waals surface area contributed by atoms with Crippen LogP contribution in [-0.2, 0) is 33.9 Å². The summed E-state index contributed by atoms with van der Waals surface area (Å²) in [5, 5.41) is 16.0. The van der Waals surface area contributed by atoms with Crippen LogP contribution in [-0.4, -0.2) is 31.7 Å². The maximum absolute atomic E-state index is 11.7. The number of anilines is 2. The maximum Gasteiger partial charge on any atom is 0.223 e. The van der Waals surface area contributed by atoms with Gasteiger partial charge in [0, 0.05) is 30.2 Å². The Bertz CT molecular complexity index is 1220. The van der Waals surface area contributed by atoms with Crippen molar-refractivity contribution in [1.82, 2.24) is 4.98 Å². The van der Waals surface area contributed by atoms with Gasteiger partial charge in [-0.1, -0.05) is 24.3 Å². The number of nitrogens with one attached hydrogen (secondary N) is 2. The third-order valence-corrected chi connectivity index (χ3v) is 6.77. The van der Waals surface area contributed by atoms with Crippen molar-refractivity contribution < 1.29 is 23.1 Å². The Morgan fingerprint density at radius 3 is 2.16 bits per heavy atom. The molecule has 0 bridgehead atoms. The quantitative estimate of drug-likeness (QED) is 0.519. The molecular weight excluding hydrogens is 450 g/mol. The summed E-state index contributed by atoms with van der Waals surface area (Å²) in [4.78, 5) is 27.9. The van der Waals surface area contributed by atoms with Crippen molar-refractivity contribution in [3.05, 3.63) is 70.2 Å². The van der Waals surface area contributed by atoms with E-state index in [4.69, 9.17) is 0 Å². The highest BCUT2D eigenvalue weighted by Gasteiger charge is 2.14. The number of hydrogen-bond acceptors (Lipinski definition) is 7. The molecule has 0 aliphatic carbocycles.